The van der Waals surface area contributed by atoms with E-state index in [1.54, 1.807) is 0 Å². The zero-order valence-corrected chi connectivity index (χ0v) is 11.9. The Kier molecular flexibility index (Phi) is 4.25. The highest BCUT2D eigenvalue weighted by atomic mass is 32.2. The van der Waals surface area contributed by atoms with Crippen molar-refractivity contribution in [3.63, 3.8) is 0 Å². The van der Waals surface area contributed by atoms with Crippen molar-refractivity contribution in [1.82, 2.24) is 4.98 Å². The van der Waals surface area contributed by atoms with Gasteiger partial charge in [-0.25, -0.2) is 0 Å². The van der Waals surface area contributed by atoms with Crippen molar-refractivity contribution < 1.29 is 17.9 Å². The molecule has 1 aromatic carbocycles. The molecule has 1 heterocycles. The van der Waals surface area contributed by atoms with E-state index in [2.05, 4.69) is 11.9 Å². The fourth-order valence-electron chi connectivity index (χ4n) is 2.06. The number of alkyl halides is 3. The first kappa shape index (κ1) is 15.1. The van der Waals surface area contributed by atoms with Crippen LogP contribution in [0.3, 0.4) is 0 Å². The molecule has 1 aromatic heterocycles. The highest BCUT2D eigenvalue weighted by Crippen LogP contribution is 2.38. The number of ether oxygens (including phenoxy) is 1. The summed E-state index contributed by atoms with van der Waals surface area (Å²) in [5.41, 5.74) is 0.426. The van der Waals surface area contributed by atoms with Crippen LogP contribution in [-0.2, 0) is 17.5 Å². The molecule has 0 spiro atoms. The van der Waals surface area contributed by atoms with Crippen molar-refractivity contribution in [2.45, 2.75) is 17.7 Å². The molecule has 0 aliphatic heterocycles. The van der Waals surface area contributed by atoms with Crippen LogP contribution in [0.5, 0.6) is 0 Å². The van der Waals surface area contributed by atoms with Gasteiger partial charge in [-0.15, -0.1) is 11.8 Å². The van der Waals surface area contributed by atoms with Gasteiger partial charge in [-0.2, -0.15) is 13.2 Å². The molecule has 2 rings (SSSR count). The van der Waals surface area contributed by atoms with E-state index in [4.69, 9.17) is 4.74 Å². The molecule has 0 aliphatic rings. The summed E-state index contributed by atoms with van der Waals surface area (Å²) in [5.74, 6) is 0. The summed E-state index contributed by atoms with van der Waals surface area (Å²) in [6, 6.07) is 2.53. The lowest BCUT2D eigenvalue weighted by molar-refractivity contribution is -0.136. The van der Waals surface area contributed by atoms with Crippen LogP contribution in [0.15, 0.2) is 23.2 Å². The minimum atomic E-state index is -4.43. The quantitative estimate of drug-likeness (QED) is 0.789. The molecule has 0 amide bonds. The molecule has 107 valence electrons. The van der Waals surface area contributed by atoms with Crippen LogP contribution >= 0.6 is 11.8 Å². The van der Waals surface area contributed by atoms with Gasteiger partial charge in [-0.3, -0.25) is 4.98 Å². The Bertz CT molecular complexity index is 640. The zero-order chi connectivity index (χ0) is 14.9. The molecule has 0 N–H and O–H groups in total. The van der Waals surface area contributed by atoms with Crippen LogP contribution in [0, 0.1) is 6.92 Å². The number of aromatic nitrogens is 1. The van der Waals surface area contributed by atoms with E-state index in [1.165, 1.54) is 31.1 Å². The third kappa shape index (κ3) is 2.62. The maximum atomic E-state index is 13.0. The Morgan fingerprint density at radius 3 is 2.60 bits per heavy atom. The molecular weight excluding hydrogens is 287 g/mol. The number of nitrogens with zero attached hydrogens (tertiary/aromatic N) is 1. The summed E-state index contributed by atoms with van der Waals surface area (Å²) in [6.07, 6.45) is -1.23. The SMILES string of the molecule is [CH2]c1c(COC)cnc2c(C(F)(F)F)ccc(SC)c12. The van der Waals surface area contributed by atoms with Crippen molar-refractivity contribution in [3.8, 4) is 0 Å². The van der Waals surface area contributed by atoms with Crippen LogP contribution in [-0.4, -0.2) is 18.3 Å². The van der Waals surface area contributed by atoms with E-state index in [-0.39, 0.29) is 12.1 Å². The van der Waals surface area contributed by atoms with Gasteiger partial charge in [-0.1, -0.05) is 0 Å². The van der Waals surface area contributed by atoms with Crippen molar-refractivity contribution in [3.05, 3.63) is 41.9 Å². The van der Waals surface area contributed by atoms with Crippen LogP contribution in [0.1, 0.15) is 16.7 Å². The van der Waals surface area contributed by atoms with Crippen molar-refractivity contribution >= 4 is 22.7 Å². The maximum Gasteiger partial charge on any atom is 0.418 e. The van der Waals surface area contributed by atoms with Gasteiger partial charge in [0.15, 0.2) is 0 Å². The number of benzene rings is 1. The van der Waals surface area contributed by atoms with Gasteiger partial charge in [0.05, 0.1) is 17.7 Å². The first-order chi connectivity index (χ1) is 9.40. The second-order valence-corrected chi connectivity index (χ2v) is 5.08. The Labute approximate surface area is 119 Å². The average Bonchev–Trinajstić information content (AvgIpc) is 2.39. The molecule has 6 heteroatoms. The fourth-order valence-corrected chi connectivity index (χ4v) is 2.69. The maximum absolute atomic E-state index is 13.0. The van der Waals surface area contributed by atoms with Crippen LogP contribution in [0.4, 0.5) is 13.2 Å². The van der Waals surface area contributed by atoms with Gasteiger partial charge in [0.2, 0.25) is 0 Å². The molecule has 0 bridgehead atoms. The first-order valence-electron chi connectivity index (χ1n) is 5.76. The van der Waals surface area contributed by atoms with Gasteiger partial charge >= 0.3 is 6.18 Å². The third-order valence-corrected chi connectivity index (χ3v) is 3.78. The molecule has 0 saturated carbocycles. The van der Waals surface area contributed by atoms with Crippen molar-refractivity contribution in [2.24, 2.45) is 0 Å². The summed E-state index contributed by atoms with van der Waals surface area (Å²) in [5, 5.41) is 0.446. The van der Waals surface area contributed by atoms with E-state index in [1.807, 2.05) is 6.26 Å². The van der Waals surface area contributed by atoms with E-state index in [9.17, 15) is 13.2 Å². The van der Waals surface area contributed by atoms with E-state index in [0.717, 1.165) is 11.0 Å². The number of rotatable bonds is 3. The minimum Gasteiger partial charge on any atom is -0.380 e. The summed E-state index contributed by atoms with van der Waals surface area (Å²) in [6.45, 7) is 4.17. The Balaban J connectivity index is 2.82. The largest absolute Gasteiger partial charge is 0.418 e. The zero-order valence-electron chi connectivity index (χ0n) is 11.0. The molecule has 2 aromatic rings. The van der Waals surface area contributed by atoms with E-state index in [0.29, 0.717) is 16.5 Å². The molecule has 0 aliphatic carbocycles. The molecule has 0 fully saturated rings. The molecule has 20 heavy (non-hydrogen) atoms. The van der Waals surface area contributed by atoms with Gasteiger partial charge in [0.25, 0.3) is 0 Å². The number of methoxy groups -OCH3 is 1. The third-order valence-electron chi connectivity index (χ3n) is 3.00. The fraction of sp³-hybridized carbons (Fsp3) is 0.286. The Morgan fingerprint density at radius 1 is 1.35 bits per heavy atom. The average molecular weight is 300 g/mol. The molecular formula is C14H13F3NOS. The van der Waals surface area contributed by atoms with Crippen molar-refractivity contribution in [2.75, 3.05) is 13.4 Å². The van der Waals surface area contributed by atoms with E-state index < -0.39 is 11.7 Å². The lowest BCUT2D eigenvalue weighted by Gasteiger charge is -2.15. The molecule has 2 nitrogen and oxygen atoms in total. The standard InChI is InChI=1S/C14H13F3NOS/c1-8-9(7-19-2)6-18-13-10(14(15,16)17)4-5-11(20-3)12(8)13/h4-6H,1,7H2,2-3H3. The Morgan fingerprint density at radius 2 is 2.05 bits per heavy atom. The first-order valence-corrected chi connectivity index (χ1v) is 6.99. The number of halogens is 3. The van der Waals surface area contributed by atoms with Gasteiger partial charge in [0.1, 0.15) is 0 Å². The summed E-state index contributed by atoms with van der Waals surface area (Å²) in [4.78, 5) is 4.71. The van der Waals surface area contributed by atoms with Gasteiger partial charge in [-0.05, 0) is 36.4 Å². The predicted molar refractivity (Wildman–Crippen MR) is 73.7 cm³/mol. The summed E-state index contributed by atoms with van der Waals surface area (Å²) >= 11 is 1.37. The normalized spacial score (nSPS) is 12.1. The number of hydrogen-bond donors (Lipinski definition) is 0. The topological polar surface area (TPSA) is 22.1 Å². The summed E-state index contributed by atoms with van der Waals surface area (Å²) in [7, 11) is 1.52. The molecule has 1 radical (unpaired) electrons. The predicted octanol–water partition coefficient (Wildman–Crippen LogP) is 4.30. The Hall–Kier alpha value is -1.27. The number of hydrogen-bond acceptors (Lipinski definition) is 3. The van der Waals surface area contributed by atoms with Crippen LogP contribution < -0.4 is 0 Å². The monoisotopic (exact) mass is 300 g/mol. The second-order valence-electron chi connectivity index (χ2n) is 4.23. The highest BCUT2D eigenvalue weighted by molar-refractivity contribution is 7.98. The lowest BCUT2D eigenvalue weighted by atomic mass is 10.0. The smallest absolute Gasteiger partial charge is 0.380 e. The van der Waals surface area contributed by atoms with Crippen molar-refractivity contribution in [1.29, 1.82) is 0 Å². The number of thioether (sulfide) groups is 1. The van der Waals surface area contributed by atoms with Gasteiger partial charge in [0, 0.05) is 23.6 Å². The van der Waals surface area contributed by atoms with E-state index >= 15 is 0 Å². The second kappa shape index (κ2) is 5.61. The van der Waals surface area contributed by atoms with Crippen LogP contribution in [0.2, 0.25) is 0 Å². The molecule has 0 saturated heterocycles. The van der Waals surface area contributed by atoms with Crippen LogP contribution in [0.25, 0.3) is 10.9 Å². The number of fused-ring (bicyclic) bond motifs is 1. The molecule has 0 atom stereocenters. The number of pyridine rings is 1. The lowest BCUT2D eigenvalue weighted by Crippen LogP contribution is -2.08. The highest BCUT2D eigenvalue weighted by Gasteiger charge is 2.34. The van der Waals surface area contributed by atoms with Gasteiger partial charge < -0.3 is 4.74 Å². The summed E-state index contributed by atoms with van der Waals surface area (Å²) < 4.78 is 44.1. The molecule has 0 unspecified atom stereocenters. The minimum absolute atomic E-state index is 0.0609.